The normalized spacial score (nSPS) is 11.3. The minimum absolute atomic E-state index is 0.120. The molecule has 2 aromatic rings. The van der Waals surface area contributed by atoms with Crippen LogP contribution in [0.2, 0.25) is 5.02 Å². The molecule has 2 aromatic carbocycles. The Morgan fingerprint density at radius 2 is 1.89 bits per heavy atom. The average Bonchev–Trinajstić information content (AvgIpc) is 2.61. The van der Waals surface area contributed by atoms with Gasteiger partial charge in [0.1, 0.15) is 0 Å². The third kappa shape index (κ3) is 4.38. The molecule has 0 spiro atoms. The van der Waals surface area contributed by atoms with Crippen molar-refractivity contribution in [1.29, 1.82) is 0 Å². The fraction of sp³-hybridized carbons (Fsp3) is 0.176. The molecule has 2 rings (SSSR count). The summed E-state index contributed by atoms with van der Waals surface area (Å²) in [7, 11) is -1.05. The Labute approximate surface area is 162 Å². The Morgan fingerprint density at radius 3 is 2.44 bits per heavy atom. The van der Waals surface area contributed by atoms with Gasteiger partial charge in [0, 0.05) is 25.8 Å². The molecule has 0 amide bonds. The van der Waals surface area contributed by atoms with Crippen LogP contribution in [0.1, 0.15) is 15.9 Å². The van der Waals surface area contributed by atoms with Crippen molar-refractivity contribution in [3.05, 3.63) is 52.5 Å². The second kappa shape index (κ2) is 7.95. The number of aromatic carboxylic acids is 1. The number of rotatable bonds is 7. The van der Waals surface area contributed by atoms with Crippen molar-refractivity contribution in [2.24, 2.45) is 5.10 Å². The first kappa shape index (κ1) is 20.7. The Morgan fingerprint density at radius 1 is 1.22 bits per heavy atom. The molecule has 0 fully saturated rings. The molecule has 0 aliphatic heterocycles. The van der Waals surface area contributed by atoms with Gasteiger partial charge < -0.3 is 5.11 Å². The van der Waals surface area contributed by atoms with E-state index in [9.17, 15) is 18.3 Å². The molecule has 0 aliphatic rings. The topological polar surface area (TPSA) is 102 Å². The van der Waals surface area contributed by atoms with Crippen LogP contribution < -0.4 is 10.5 Å². The standard InChI is InChI=1S/C17H19ClN4O4S/c1-11-5-6-12(18)9-15(11)20-22(19-2)16-8-7-13(10-14(16)17(23)24)27(25,26)21(3)4/h5-10,20H,2H2,1,3-4H3,(H,23,24). The van der Waals surface area contributed by atoms with Crippen molar-refractivity contribution in [3.8, 4) is 0 Å². The summed E-state index contributed by atoms with van der Waals surface area (Å²) in [6.45, 7) is 5.28. The number of carboxylic acids is 1. The van der Waals surface area contributed by atoms with Crippen molar-refractivity contribution in [3.63, 3.8) is 0 Å². The molecule has 0 saturated carbocycles. The minimum atomic E-state index is -3.79. The van der Waals surface area contributed by atoms with E-state index in [1.165, 1.54) is 26.2 Å². The van der Waals surface area contributed by atoms with E-state index in [0.717, 1.165) is 21.1 Å². The third-order valence-corrected chi connectivity index (χ3v) is 5.82. The van der Waals surface area contributed by atoms with Crippen LogP contribution in [0.25, 0.3) is 0 Å². The number of hydrogen-bond acceptors (Lipinski definition) is 6. The molecule has 0 unspecified atom stereocenters. The summed E-state index contributed by atoms with van der Waals surface area (Å²) in [6.07, 6.45) is 0. The van der Waals surface area contributed by atoms with Gasteiger partial charge in [-0.1, -0.05) is 17.7 Å². The maximum absolute atomic E-state index is 12.3. The van der Waals surface area contributed by atoms with Crippen LogP contribution in [0.3, 0.4) is 0 Å². The van der Waals surface area contributed by atoms with E-state index in [-0.39, 0.29) is 16.1 Å². The van der Waals surface area contributed by atoms with E-state index in [2.05, 4.69) is 17.2 Å². The monoisotopic (exact) mass is 410 g/mol. The smallest absolute Gasteiger partial charge is 0.338 e. The highest BCUT2D eigenvalue weighted by Gasteiger charge is 2.23. The SMILES string of the molecule is C=NN(Nc1cc(Cl)ccc1C)c1ccc(S(=O)(=O)N(C)C)cc1C(=O)O. The van der Waals surface area contributed by atoms with E-state index >= 15 is 0 Å². The summed E-state index contributed by atoms with van der Waals surface area (Å²) in [6, 6.07) is 8.90. The molecule has 0 bridgehead atoms. The van der Waals surface area contributed by atoms with Crippen LogP contribution in [0, 0.1) is 6.92 Å². The van der Waals surface area contributed by atoms with Crippen LogP contribution in [-0.4, -0.2) is 44.6 Å². The molecule has 144 valence electrons. The zero-order valence-corrected chi connectivity index (χ0v) is 16.5. The largest absolute Gasteiger partial charge is 0.478 e. The van der Waals surface area contributed by atoms with Gasteiger partial charge in [-0.05, 0) is 42.8 Å². The molecule has 0 aromatic heterocycles. The van der Waals surface area contributed by atoms with Crippen molar-refractivity contribution >= 4 is 45.7 Å². The molecule has 2 N–H and O–H groups in total. The number of halogens is 1. The third-order valence-electron chi connectivity index (χ3n) is 3.77. The quantitative estimate of drug-likeness (QED) is 0.537. The number of nitrogens with zero attached hydrogens (tertiary/aromatic N) is 3. The summed E-state index contributed by atoms with van der Waals surface area (Å²) in [4.78, 5) is 11.6. The zero-order chi connectivity index (χ0) is 20.4. The maximum Gasteiger partial charge on any atom is 0.338 e. The molecule has 0 atom stereocenters. The molecule has 0 aliphatic carbocycles. The number of benzene rings is 2. The highest BCUT2D eigenvalue weighted by Crippen LogP contribution is 2.28. The second-order valence-corrected chi connectivity index (χ2v) is 8.38. The fourth-order valence-corrected chi connectivity index (χ4v) is 3.34. The van der Waals surface area contributed by atoms with Gasteiger partial charge in [-0.2, -0.15) is 10.2 Å². The number of hydrogen-bond donors (Lipinski definition) is 2. The van der Waals surface area contributed by atoms with Crippen LogP contribution in [0.4, 0.5) is 11.4 Å². The summed E-state index contributed by atoms with van der Waals surface area (Å²) in [5, 5.41) is 15.0. The zero-order valence-electron chi connectivity index (χ0n) is 15.0. The molecule has 0 saturated heterocycles. The lowest BCUT2D eigenvalue weighted by Crippen LogP contribution is -2.27. The number of carbonyl (C=O) groups is 1. The van der Waals surface area contributed by atoms with Gasteiger partial charge in [-0.25, -0.2) is 17.5 Å². The summed E-state index contributed by atoms with van der Waals surface area (Å²) < 4.78 is 25.6. The van der Waals surface area contributed by atoms with E-state index in [1.54, 1.807) is 18.2 Å². The van der Waals surface area contributed by atoms with Crippen molar-refractivity contribution in [2.75, 3.05) is 24.6 Å². The Hall–Kier alpha value is -2.62. The van der Waals surface area contributed by atoms with Gasteiger partial charge in [0.15, 0.2) is 0 Å². The predicted molar refractivity (Wildman–Crippen MR) is 106 cm³/mol. The Balaban J connectivity index is 2.53. The second-order valence-electron chi connectivity index (χ2n) is 5.80. The number of carboxylic acid groups (broad SMARTS) is 1. The number of sulfonamides is 1. The molecule has 27 heavy (non-hydrogen) atoms. The molecule has 0 radical (unpaired) electrons. The molecule has 0 heterocycles. The summed E-state index contributed by atoms with van der Waals surface area (Å²) in [5.41, 5.74) is 4.23. The van der Waals surface area contributed by atoms with E-state index < -0.39 is 16.0 Å². The Kier molecular flexibility index (Phi) is 6.09. The van der Waals surface area contributed by atoms with Crippen molar-refractivity contribution in [1.82, 2.24) is 4.31 Å². The van der Waals surface area contributed by atoms with Crippen LogP contribution in [0.15, 0.2) is 46.4 Å². The highest BCUT2D eigenvalue weighted by atomic mass is 35.5. The first-order valence-electron chi connectivity index (χ1n) is 7.67. The fourth-order valence-electron chi connectivity index (χ4n) is 2.24. The van der Waals surface area contributed by atoms with E-state index in [0.29, 0.717) is 10.7 Å². The number of anilines is 2. The average molecular weight is 411 g/mol. The lowest BCUT2D eigenvalue weighted by molar-refractivity contribution is 0.0697. The van der Waals surface area contributed by atoms with Crippen molar-refractivity contribution < 1.29 is 18.3 Å². The van der Waals surface area contributed by atoms with Crippen LogP contribution >= 0.6 is 11.6 Å². The lowest BCUT2D eigenvalue weighted by atomic mass is 10.2. The minimum Gasteiger partial charge on any atom is -0.478 e. The van der Waals surface area contributed by atoms with Gasteiger partial charge >= 0.3 is 5.97 Å². The molecule has 8 nitrogen and oxygen atoms in total. The van der Waals surface area contributed by atoms with Crippen molar-refractivity contribution in [2.45, 2.75) is 11.8 Å². The number of nitrogens with one attached hydrogen (secondary N) is 1. The first-order valence-corrected chi connectivity index (χ1v) is 9.49. The van der Waals surface area contributed by atoms with E-state index in [4.69, 9.17) is 11.6 Å². The summed E-state index contributed by atoms with van der Waals surface area (Å²) in [5.74, 6) is -1.31. The van der Waals surface area contributed by atoms with Crippen LogP contribution in [-0.2, 0) is 10.0 Å². The van der Waals surface area contributed by atoms with Gasteiger partial charge in [0.2, 0.25) is 10.0 Å². The van der Waals surface area contributed by atoms with Gasteiger partial charge in [-0.3, -0.25) is 5.43 Å². The number of hydrazine groups is 1. The molecule has 10 heteroatoms. The molecular weight excluding hydrogens is 392 g/mol. The van der Waals surface area contributed by atoms with Gasteiger partial charge in [0.05, 0.1) is 21.8 Å². The highest BCUT2D eigenvalue weighted by molar-refractivity contribution is 7.89. The van der Waals surface area contributed by atoms with E-state index in [1.807, 2.05) is 6.92 Å². The Bertz CT molecular complexity index is 992. The predicted octanol–water partition coefficient (Wildman–Crippen LogP) is 3.05. The van der Waals surface area contributed by atoms with Gasteiger partial charge in [0.25, 0.3) is 0 Å². The van der Waals surface area contributed by atoms with Crippen LogP contribution in [0.5, 0.6) is 0 Å². The summed E-state index contributed by atoms with van der Waals surface area (Å²) >= 11 is 6.00. The number of hydrazone groups is 1. The lowest BCUT2D eigenvalue weighted by Gasteiger charge is -2.24. The maximum atomic E-state index is 12.3. The number of aryl methyl sites for hydroxylation is 1. The first-order chi connectivity index (χ1) is 12.6. The van der Waals surface area contributed by atoms with Gasteiger partial charge in [-0.15, -0.1) is 0 Å². The molecular formula is C17H19ClN4O4S.